The molecule has 1 aromatic carbocycles. The summed E-state index contributed by atoms with van der Waals surface area (Å²) >= 11 is 3.39. The Labute approximate surface area is 128 Å². The van der Waals surface area contributed by atoms with Crippen molar-refractivity contribution >= 4 is 27.8 Å². The van der Waals surface area contributed by atoms with E-state index in [4.69, 9.17) is 4.74 Å². The van der Waals surface area contributed by atoms with Gasteiger partial charge in [-0.05, 0) is 36.6 Å². The molecule has 5 heteroatoms. The molecular weight excluding hydrogens is 322 g/mol. The summed E-state index contributed by atoms with van der Waals surface area (Å²) in [7, 11) is 1.33. The third-order valence-corrected chi connectivity index (χ3v) is 4.26. The summed E-state index contributed by atoms with van der Waals surface area (Å²) in [5.41, 5.74) is 1.50. The molecule has 0 aromatic heterocycles. The largest absolute Gasteiger partial charge is 0.467 e. The number of halogens is 1. The number of amides is 1. The van der Waals surface area contributed by atoms with Crippen LogP contribution in [0.15, 0.2) is 22.7 Å². The fraction of sp³-hybridized carbons (Fsp3) is 0.467. The maximum Gasteiger partial charge on any atom is 0.328 e. The van der Waals surface area contributed by atoms with E-state index in [1.54, 1.807) is 12.1 Å². The zero-order valence-electron chi connectivity index (χ0n) is 12.2. The Morgan fingerprint density at radius 3 is 2.55 bits per heavy atom. The molecule has 0 saturated heterocycles. The molecule has 0 saturated carbocycles. The molecule has 1 aromatic rings. The highest BCUT2D eigenvalue weighted by atomic mass is 79.9. The Morgan fingerprint density at radius 1 is 1.40 bits per heavy atom. The van der Waals surface area contributed by atoms with Crippen molar-refractivity contribution in [3.8, 4) is 0 Å². The van der Waals surface area contributed by atoms with Gasteiger partial charge in [-0.25, -0.2) is 4.79 Å². The van der Waals surface area contributed by atoms with Crippen LogP contribution < -0.4 is 5.32 Å². The topological polar surface area (TPSA) is 55.4 Å². The van der Waals surface area contributed by atoms with Crippen molar-refractivity contribution in [1.29, 1.82) is 0 Å². The highest BCUT2D eigenvalue weighted by molar-refractivity contribution is 9.10. The molecule has 0 aliphatic heterocycles. The van der Waals surface area contributed by atoms with E-state index in [0.717, 1.165) is 16.5 Å². The second kappa shape index (κ2) is 7.43. The maximum atomic E-state index is 12.2. The van der Waals surface area contributed by atoms with Gasteiger partial charge in [0.25, 0.3) is 5.91 Å². The van der Waals surface area contributed by atoms with Crippen LogP contribution in [0.1, 0.15) is 36.2 Å². The van der Waals surface area contributed by atoms with Crippen molar-refractivity contribution in [2.75, 3.05) is 7.11 Å². The summed E-state index contributed by atoms with van der Waals surface area (Å²) in [5.74, 6) is -0.666. The van der Waals surface area contributed by atoms with Crippen LogP contribution in [0.25, 0.3) is 0 Å². The first kappa shape index (κ1) is 16.7. The molecule has 2 atom stereocenters. The average molecular weight is 342 g/mol. The van der Waals surface area contributed by atoms with Crippen LogP contribution in [0.5, 0.6) is 0 Å². The van der Waals surface area contributed by atoms with E-state index in [9.17, 15) is 9.59 Å². The Hall–Kier alpha value is -1.36. The smallest absolute Gasteiger partial charge is 0.328 e. The highest BCUT2D eigenvalue weighted by Gasteiger charge is 2.27. The van der Waals surface area contributed by atoms with Crippen molar-refractivity contribution in [2.45, 2.75) is 33.2 Å². The summed E-state index contributed by atoms with van der Waals surface area (Å²) in [6.45, 7) is 5.79. The van der Waals surface area contributed by atoms with Gasteiger partial charge in [-0.3, -0.25) is 4.79 Å². The number of methoxy groups -OCH3 is 1. The van der Waals surface area contributed by atoms with E-state index in [1.807, 2.05) is 26.8 Å². The first-order valence-corrected chi connectivity index (χ1v) is 7.34. The molecule has 1 rings (SSSR count). The number of hydrogen-bond acceptors (Lipinski definition) is 3. The number of benzene rings is 1. The van der Waals surface area contributed by atoms with Crippen LogP contribution in [-0.4, -0.2) is 25.0 Å². The van der Waals surface area contributed by atoms with E-state index in [-0.39, 0.29) is 11.8 Å². The van der Waals surface area contributed by atoms with Crippen molar-refractivity contribution < 1.29 is 14.3 Å². The zero-order valence-corrected chi connectivity index (χ0v) is 13.8. The first-order chi connectivity index (χ1) is 9.40. The number of carbonyl (C=O) groups is 2. The lowest BCUT2D eigenvalue weighted by Crippen LogP contribution is -2.45. The molecule has 0 aliphatic rings. The van der Waals surface area contributed by atoms with E-state index in [2.05, 4.69) is 21.2 Å². The minimum absolute atomic E-state index is 0.0166. The minimum atomic E-state index is -0.624. The SMILES string of the molecule is CCC(C)[C@@H](NC(=O)c1ccc(Br)c(C)c1)C(=O)OC. The van der Waals surface area contributed by atoms with Gasteiger partial charge in [0.1, 0.15) is 6.04 Å². The molecule has 1 N–H and O–H groups in total. The number of esters is 1. The van der Waals surface area contributed by atoms with Gasteiger partial charge in [-0.1, -0.05) is 36.2 Å². The van der Waals surface area contributed by atoms with Gasteiger partial charge in [0.05, 0.1) is 7.11 Å². The predicted octanol–water partition coefficient (Wildman–Crippen LogP) is 3.08. The maximum absolute atomic E-state index is 12.2. The number of hydrogen-bond donors (Lipinski definition) is 1. The summed E-state index contributed by atoms with van der Waals surface area (Å²) in [4.78, 5) is 24.0. The monoisotopic (exact) mass is 341 g/mol. The average Bonchev–Trinajstić information content (AvgIpc) is 2.45. The third-order valence-electron chi connectivity index (χ3n) is 3.37. The van der Waals surface area contributed by atoms with Crippen molar-refractivity contribution in [3.63, 3.8) is 0 Å². The molecule has 0 aliphatic carbocycles. The summed E-state index contributed by atoms with van der Waals surface area (Å²) in [6.07, 6.45) is 0.777. The molecule has 0 fully saturated rings. The summed E-state index contributed by atoms with van der Waals surface area (Å²) < 4.78 is 5.70. The summed E-state index contributed by atoms with van der Waals surface area (Å²) in [6, 6.07) is 4.70. The van der Waals surface area contributed by atoms with Crippen LogP contribution in [0.3, 0.4) is 0 Å². The van der Waals surface area contributed by atoms with Gasteiger partial charge < -0.3 is 10.1 Å². The Bertz CT molecular complexity index is 502. The summed E-state index contributed by atoms with van der Waals surface area (Å²) in [5, 5.41) is 2.75. The lowest BCUT2D eigenvalue weighted by atomic mass is 9.98. The van der Waals surface area contributed by atoms with Crippen LogP contribution in [0.2, 0.25) is 0 Å². The van der Waals surface area contributed by atoms with Gasteiger partial charge in [0.2, 0.25) is 0 Å². The number of nitrogens with one attached hydrogen (secondary N) is 1. The van der Waals surface area contributed by atoms with E-state index < -0.39 is 12.0 Å². The minimum Gasteiger partial charge on any atom is -0.467 e. The Balaban J connectivity index is 2.90. The van der Waals surface area contributed by atoms with Crippen molar-refractivity contribution in [2.24, 2.45) is 5.92 Å². The number of carbonyl (C=O) groups excluding carboxylic acids is 2. The van der Waals surface area contributed by atoms with Gasteiger partial charge in [-0.15, -0.1) is 0 Å². The number of rotatable bonds is 5. The van der Waals surface area contributed by atoms with E-state index in [1.165, 1.54) is 7.11 Å². The molecular formula is C15H20BrNO3. The van der Waals surface area contributed by atoms with Gasteiger partial charge in [0.15, 0.2) is 0 Å². The Kier molecular flexibility index (Phi) is 6.20. The van der Waals surface area contributed by atoms with Crippen LogP contribution >= 0.6 is 15.9 Å². The Morgan fingerprint density at radius 2 is 2.05 bits per heavy atom. The fourth-order valence-corrected chi connectivity index (χ4v) is 2.05. The quantitative estimate of drug-likeness (QED) is 0.837. The first-order valence-electron chi connectivity index (χ1n) is 6.55. The van der Waals surface area contributed by atoms with Crippen molar-refractivity contribution in [3.05, 3.63) is 33.8 Å². The van der Waals surface area contributed by atoms with Gasteiger partial charge in [-0.2, -0.15) is 0 Å². The van der Waals surface area contributed by atoms with Crippen LogP contribution in [-0.2, 0) is 9.53 Å². The van der Waals surface area contributed by atoms with Crippen molar-refractivity contribution in [1.82, 2.24) is 5.32 Å². The van der Waals surface area contributed by atoms with Crippen LogP contribution in [0.4, 0.5) is 0 Å². The zero-order chi connectivity index (χ0) is 15.3. The number of ether oxygens (including phenoxy) is 1. The molecule has 0 radical (unpaired) electrons. The molecule has 4 nitrogen and oxygen atoms in total. The molecule has 20 heavy (non-hydrogen) atoms. The van der Waals surface area contributed by atoms with E-state index in [0.29, 0.717) is 5.56 Å². The standard InChI is InChI=1S/C15H20BrNO3/c1-5-9(2)13(15(19)20-4)17-14(18)11-6-7-12(16)10(3)8-11/h6-9,13H,5H2,1-4H3,(H,17,18)/t9?,13-/m1/s1. The second-order valence-electron chi connectivity index (χ2n) is 4.82. The molecule has 1 unspecified atom stereocenters. The van der Waals surface area contributed by atoms with Crippen LogP contribution in [0, 0.1) is 12.8 Å². The lowest BCUT2D eigenvalue weighted by Gasteiger charge is -2.22. The fourth-order valence-electron chi connectivity index (χ4n) is 1.81. The molecule has 110 valence electrons. The third kappa shape index (κ3) is 4.07. The number of aryl methyl sites for hydroxylation is 1. The second-order valence-corrected chi connectivity index (χ2v) is 5.68. The highest BCUT2D eigenvalue weighted by Crippen LogP contribution is 2.17. The molecule has 1 amide bonds. The molecule has 0 bridgehead atoms. The molecule has 0 spiro atoms. The van der Waals surface area contributed by atoms with E-state index >= 15 is 0 Å². The predicted molar refractivity (Wildman–Crippen MR) is 81.6 cm³/mol. The molecule has 0 heterocycles. The normalized spacial score (nSPS) is 13.4. The van der Waals surface area contributed by atoms with Gasteiger partial charge >= 0.3 is 5.97 Å². The lowest BCUT2D eigenvalue weighted by molar-refractivity contribution is -0.144. The van der Waals surface area contributed by atoms with Gasteiger partial charge in [0, 0.05) is 10.0 Å².